The minimum absolute atomic E-state index is 0.314. The van der Waals surface area contributed by atoms with E-state index in [4.69, 9.17) is 10.5 Å². The molecule has 0 saturated carbocycles. The molecule has 0 amide bonds. The standard InChI is InChI=1S/C19H25NO2/c1-19(2,3)22-18(21)17(20)13-7-11-15-10-6-9-14-8-4-5-12-16(14)15/h4-6,8-10,12,17H,7,11,13,20H2,1-3H3. The maximum absolute atomic E-state index is 11.9. The number of hydrogen-bond donors (Lipinski definition) is 1. The Balaban J connectivity index is 1.91. The fourth-order valence-corrected chi connectivity index (χ4v) is 2.52. The largest absolute Gasteiger partial charge is 0.459 e. The molecule has 0 radical (unpaired) electrons. The Morgan fingerprint density at radius 1 is 1.14 bits per heavy atom. The quantitative estimate of drug-likeness (QED) is 0.854. The summed E-state index contributed by atoms with van der Waals surface area (Å²) in [5, 5.41) is 2.52. The van der Waals surface area contributed by atoms with Crippen LogP contribution in [0, 0.1) is 0 Å². The summed E-state index contributed by atoms with van der Waals surface area (Å²) in [4.78, 5) is 11.9. The van der Waals surface area contributed by atoms with Gasteiger partial charge >= 0.3 is 5.97 Å². The normalized spacial score (nSPS) is 13.1. The van der Waals surface area contributed by atoms with Gasteiger partial charge in [-0.25, -0.2) is 0 Å². The minimum Gasteiger partial charge on any atom is -0.459 e. The van der Waals surface area contributed by atoms with E-state index in [2.05, 4.69) is 36.4 Å². The van der Waals surface area contributed by atoms with Crippen molar-refractivity contribution in [1.29, 1.82) is 0 Å². The summed E-state index contributed by atoms with van der Waals surface area (Å²) in [5.41, 5.74) is 6.75. The molecule has 118 valence electrons. The van der Waals surface area contributed by atoms with Crippen molar-refractivity contribution >= 4 is 16.7 Å². The monoisotopic (exact) mass is 299 g/mol. The topological polar surface area (TPSA) is 52.3 Å². The zero-order valence-electron chi connectivity index (χ0n) is 13.6. The van der Waals surface area contributed by atoms with Gasteiger partial charge in [0.15, 0.2) is 0 Å². The van der Waals surface area contributed by atoms with Crippen molar-refractivity contribution in [2.75, 3.05) is 0 Å². The first kappa shape index (κ1) is 16.5. The van der Waals surface area contributed by atoms with Gasteiger partial charge in [0.05, 0.1) is 0 Å². The molecule has 0 aliphatic rings. The maximum Gasteiger partial charge on any atom is 0.323 e. The van der Waals surface area contributed by atoms with Crippen molar-refractivity contribution in [2.24, 2.45) is 5.73 Å². The summed E-state index contributed by atoms with van der Waals surface area (Å²) in [6, 6.07) is 14.1. The van der Waals surface area contributed by atoms with Gasteiger partial charge in [-0.05, 0) is 56.4 Å². The molecule has 2 rings (SSSR count). The number of carbonyl (C=O) groups excluding carboxylic acids is 1. The molecule has 0 aliphatic carbocycles. The van der Waals surface area contributed by atoms with Crippen LogP contribution in [0.1, 0.15) is 39.2 Å². The minimum atomic E-state index is -0.547. The highest BCUT2D eigenvalue weighted by Crippen LogP contribution is 2.20. The van der Waals surface area contributed by atoms with Crippen LogP contribution in [0.4, 0.5) is 0 Å². The second-order valence-corrected chi connectivity index (χ2v) is 6.67. The fourth-order valence-electron chi connectivity index (χ4n) is 2.52. The molecule has 2 aromatic rings. The van der Waals surface area contributed by atoms with E-state index in [1.54, 1.807) is 0 Å². The zero-order chi connectivity index (χ0) is 16.2. The molecule has 3 nitrogen and oxygen atoms in total. The molecule has 1 unspecified atom stereocenters. The smallest absolute Gasteiger partial charge is 0.323 e. The number of benzene rings is 2. The highest BCUT2D eigenvalue weighted by atomic mass is 16.6. The van der Waals surface area contributed by atoms with Crippen molar-refractivity contribution < 1.29 is 9.53 Å². The van der Waals surface area contributed by atoms with Gasteiger partial charge in [0, 0.05) is 0 Å². The van der Waals surface area contributed by atoms with Crippen molar-refractivity contribution in [3.63, 3.8) is 0 Å². The first-order chi connectivity index (χ1) is 10.4. The number of fused-ring (bicyclic) bond motifs is 1. The molecule has 0 fully saturated rings. The van der Waals surface area contributed by atoms with E-state index in [0.717, 1.165) is 12.8 Å². The SMILES string of the molecule is CC(C)(C)OC(=O)C(N)CCCc1cccc2ccccc12. The molecule has 2 aromatic carbocycles. The second kappa shape index (κ2) is 6.93. The number of hydrogen-bond acceptors (Lipinski definition) is 3. The number of nitrogens with two attached hydrogens (primary N) is 1. The Morgan fingerprint density at radius 3 is 2.55 bits per heavy atom. The Kier molecular flexibility index (Phi) is 5.19. The van der Waals surface area contributed by atoms with Crippen molar-refractivity contribution in [2.45, 2.75) is 51.7 Å². The van der Waals surface area contributed by atoms with E-state index in [9.17, 15) is 4.79 Å². The Hall–Kier alpha value is -1.87. The molecule has 0 bridgehead atoms. The predicted octanol–water partition coefficient (Wildman–Crippen LogP) is 3.83. The van der Waals surface area contributed by atoms with Gasteiger partial charge in [-0.3, -0.25) is 4.79 Å². The first-order valence-electron chi connectivity index (χ1n) is 7.82. The summed E-state index contributed by atoms with van der Waals surface area (Å²) in [6.45, 7) is 5.56. The molecule has 2 N–H and O–H groups in total. The third-order valence-corrected chi connectivity index (χ3v) is 3.55. The number of esters is 1. The van der Waals surface area contributed by atoms with Gasteiger partial charge in [0.2, 0.25) is 0 Å². The molecule has 0 spiro atoms. The van der Waals surface area contributed by atoms with Gasteiger partial charge < -0.3 is 10.5 Å². The molecule has 0 aromatic heterocycles. The predicted molar refractivity (Wildman–Crippen MR) is 90.7 cm³/mol. The number of aryl methyl sites for hydroxylation is 1. The molecular weight excluding hydrogens is 274 g/mol. The lowest BCUT2D eigenvalue weighted by atomic mass is 9.99. The third kappa shape index (κ3) is 4.57. The van der Waals surface area contributed by atoms with E-state index in [1.807, 2.05) is 26.8 Å². The third-order valence-electron chi connectivity index (χ3n) is 3.55. The van der Waals surface area contributed by atoms with Crippen LogP contribution in [0.25, 0.3) is 10.8 Å². The van der Waals surface area contributed by atoms with Crippen LogP contribution in [-0.2, 0) is 16.0 Å². The second-order valence-electron chi connectivity index (χ2n) is 6.67. The molecule has 22 heavy (non-hydrogen) atoms. The molecule has 0 aliphatic heterocycles. The average molecular weight is 299 g/mol. The summed E-state index contributed by atoms with van der Waals surface area (Å²) in [6.07, 6.45) is 2.42. The number of rotatable bonds is 5. The summed E-state index contributed by atoms with van der Waals surface area (Å²) >= 11 is 0. The van der Waals surface area contributed by atoms with Crippen molar-refractivity contribution in [1.82, 2.24) is 0 Å². The van der Waals surface area contributed by atoms with E-state index in [1.165, 1.54) is 16.3 Å². The van der Waals surface area contributed by atoms with Gasteiger partial charge in [-0.15, -0.1) is 0 Å². The summed E-state index contributed by atoms with van der Waals surface area (Å²) in [5.74, 6) is -0.314. The van der Waals surface area contributed by atoms with Crippen molar-refractivity contribution in [3.05, 3.63) is 48.0 Å². The maximum atomic E-state index is 11.9. The molecule has 0 heterocycles. The van der Waals surface area contributed by atoms with Gasteiger partial charge in [-0.2, -0.15) is 0 Å². The van der Waals surface area contributed by atoms with Crippen LogP contribution in [0.15, 0.2) is 42.5 Å². The fraction of sp³-hybridized carbons (Fsp3) is 0.421. The zero-order valence-corrected chi connectivity index (χ0v) is 13.6. The summed E-state index contributed by atoms with van der Waals surface area (Å²) in [7, 11) is 0. The molecule has 0 saturated heterocycles. The van der Waals surface area contributed by atoms with Crippen molar-refractivity contribution in [3.8, 4) is 0 Å². The lowest BCUT2D eigenvalue weighted by molar-refractivity contribution is -0.156. The van der Waals surface area contributed by atoms with Crippen LogP contribution in [0.2, 0.25) is 0 Å². The van der Waals surface area contributed by atoms with E-state index in [-0.39, 0.29) is 5.97 Å². The first-order valence-corrected chi connectivity index (χ1v) is 7.82. The van der Waals surface area contributed by atoms with E-state index < -0.39 is 11.6 Å². The lowest BCUT2D eigenvalue weighted by Crippen LogP contribution is -2.37. The van der Waals surface area contributed by atoms with Gasteiger partial charge in [-0.1, -0.05) is 42.5 Å². The van der Waals surface area contributed by atoms with Crippen LogP contribution >= 0.6 is 0 Å². The van der Waals surface area contributed by atoms with E-state index in [0.29, 0.717) is 6.42 Å². The highest BCUT2D eigenvalue weighted by molar-refractivity contribution is 5.85. The Morgan fingerprint density at radius 2 is 1.82 bits per heavy atom. The average Bonchev–Trinajstić information content (AvgIpc) is 2.45. The molecule has 3 heteroatoms. The molecular formula is C19H25NO2. The number of carbonyl (C=O) groups is 1. The van der Waals surface area contributed by atoms with Crippen LogP contribution in [0.5, 0.6) is 0 Å². The summed E-state index contributed by atoms with van der Waals surface area (Å²) < 4.78 is 5.31. The highest BCUT2D eigenvalue weighted by Gasteiger charge is 2.21. The van der Waals surface area contributed by atoms with E-state index >= 15 is 0 Å². The molecule has 1 atom stereocenters. The van der Waals surface area contributed by atoms with Gasteiger partial charge in [0.1, 0.15) is 11.6 Å². The Labute approximate surface area is 132 Å². The van der Waals surface area contributed by atoms with Crippen LogP contribution in [-0.4, -0.2) is 17.6 Å². The van der Waals surface area contributed by atoms with Crippen LogP contribution in [0.3, 0.4) is 0 Å². The Bertz CT molecular complexity index is 638. The number of ether oxygens (including phenoxy) is 1. The van der Waals surface area contributed by atoms with Gasteiger partial charge in [0.25, 0.3) is 0 Å². The van der Waals surface area contributed by atoms with Crippen LogP contribution < -0.4 is 5.73 Å². The lowest BCUT2D eigenvalue weighted by Gasteiger charge is -2.22.